The van der Waals surface area contributed by atoms with Crippen LogP contribution < -0.4 is 20.1 Å². The molecule has 0 spiro atoms. The van der Waals surface area contributed by atoms with E-state index < -0.39 is 11.6 Å². The molecule has 0 bridgehead atoms. The molecule has 1 fully saturated rings. The first kappa shape index (κ1) is 24.3. The summed E-state index contributed by atoms with van der Waals surface area (Å²) in [6.07, 6.45) is 3.38. The Morgan fingerprint density at radius 2 is 1.89 bits per heavy atom. The normalized spacial score (nSPS) is 17.6. The molecular formula is C24H25F2N5O4. The second-order valence-corrected chi connectivity index (χ2v) is 7.94. The van der Waals surface area contributed by atoms with E-state index in [1.807, 2.05) is 0 Å². The van der Waals surface area contributed by atoms with Crippen LogP contribution in [0.15, 0.2) is 31.0 Å². The third kappa shape index (κ3) is 4.85. The molecule has 0 unspecified atom stereocenters. The number of hydrogen-bond acceptors (Lipinski definition) is 8. The summed E-state index contributed by atoms with van der Waals surface area (Å²) < 4.78 is 45.6. The van der Waals surface area contributed by atoms with Crippen LogP contribution in [0.5, 0.6) is 11.5 Å². The number of carbonyl (C=O) groups is 1. The van der Waals surface area contributed by atoms with Crippen LogP contribution in [0.4, 0.5) is 14.7 Å². The zero-order chi connectivity index (χ0) is 25.1. The molecule has 184 valence electrons. The number of pyridine rings is 1. The number of benzene rings is 1. The molecule has 2 atom stereocenters. The second kappa shape index (κ2) is 10.2. The number of aromatic nitrogens is 3. The number of rotatable bonds is 7. The Kier molecular flexibility index (Phi) is 7.06. The van der Waals surface area contributed by atoms with Crippen molar-refractivity contribution in [2.45, 2.75) is 25.4 Å². The van der Waals surface area contributed by atoms with Crippen molar-refractivity contribution in [3.63, 3.8) is 0 Å². The first-order valence-electron chi connectivity index (χ1n) is 10.9. The summed E-state index contributed by atoms with van der Waals surface area (Å²) in [6, 6.07) is 2.20. The van der Waals surface area contributed by atoms with Gasteiger partial charge in [-0.25, -0.2) is 18.7 Å². The standard InChI is InChI=1S/C24H25F2N5O4/c1-5-19(32)29-14-6-7-35-11-16(14)30-24-27-10-13-8-15(28-12(2)23(13)31-24)20-21(25)17(33-3)9-18(34-4)22(20)26/h5,8-10,14,16H,1,6-7,11H2,2-4H3,(H,29,32)(H,27,30,31)/t14-,16+/m0/s1. The maximum atomic E-state index is 15.0. The molecule has 3 aromatic rings. The lowest BCUT2D eigenvalue weighted by Gasteiger charge is -2.32. The Bertz CT molecular complexity index is 1260. The van der Waals surface area contributed by atoms with Crippen molar-refractivity contribution in [2.24, 2.45) is 0 Å². The van der Waals surface area contributed by atoms with Gasteiger partial charge in [0.05, 0.1) is 55.4 Å². The van der Waals surface area contributed by atoms with Crippen LogP contribution in [-0.4, -0.2) is 60.4 Å². The van der Waals surface area contributed by atoms with Gasteiger partial charge in [0, 0.05) is 24.3 Å². The van der Waals surface area contributed by atoms with Crippen LogP contribution in [-0.2, 0) is 9.53 Å². The van der Waals surface area contributed by atoms with Crippen LogP contribution in [0.2, 0.25) is 0 Å². The lowest BCUT2D eigenvalue weighted by molar-refractivity contribution is -0.117. The molecule has 1 aliphatic heterocycles. The minimum atomic E-state index is -0.888. The number of ether oxygens (including phenoxy) is 3. The summed E-state index contributed by atoms with van der Waals surface area (Å²) in [7, 11) is 2.57. The Morgan fingerprint density at radius 1 is 1.17 bits per heavy atom. The summed E-state index contributed by atoms with van der Waals surface area (Å²) >= 11 is 0. The topological polar surface area (TPSA) is 107 Å². The van der Waals surface area contributed by atoms with Crippen LogP contribution in [0.3, 0.4) is 0 Å². The molecule has 35 heavy (non-hydrogen) atoms. The van der Waals surface area contributed by atoms with Crippen molar-refractivity contribution in [3.8, 4) is 22.8 Å². The molecule has 11 heteroatoms. The van der Waals surface area contributed by atoms with E-state index in [9.17, 15) is 13.6 Å². The summed E-state index contributed by atoms with van der Waals surface area (Å²) in [4.78, 5) is 25.1. The molecule has 1 aliphatic rings. The monoisotopic (exact) mass is 485 g/mol. The second-order valence-electron chi connectivity index (χ2n) is 7.94. The van der Waals surface area contributed by atoms with Gasteiger partial charge in [0.25, 0.3) is 0 Å². The van der Waals surface area contributed by atoms with E-state index in [0.29, 0.717) is 42.2 Å². The highest BCUT2D eigenvalue weighted by atomic mass is 19.1. The first-order chi connectivity index (χ1) is 16.9. The highest BCUT2D eigenvalue weighted by Gasteiger charge is 2.28. The lowest BCUT2D eigenvalue weighted by atomic mass is 10.0. The van der Waals surface area contributed by atoms with E-state index in [0.717, 1.165) is 6.07 Å². The molecule has 4 rings (SSSR count). The van der Waals surface area contributed by atoms with Crippen LogP contribution in [0.1, 0.15) is 12.1 Å². The van der Waals surface area contributed by atoms with Gasteiger partial charge in [-0.15, -0.1) is 0 Å². The summed E-state index contributed by atoms with van der Waals surface area (Å²) in [6.45, 7) is 6.05. The lowest BCUT2D eigenvalue weighted by Crippen LogP contribution is -2.52. The number of hydrogen-bond donors (Lipinski definition) is 2. The van der Waals surface area contributed by atoms with Gasteiger partial charge in [0.15, 0.2) is 23.1 Å². The average molecular weight is 485 g/mol. The minimum Gasteiger partial charge on any atom is -0.494 e. The Labute approximate surface area is 200 Å². The predicted molar refractivity (Wildman–Crippen MR) is 126 cm³/mol. The molecule has 1 saturated heterocycles. The molecule has 9 nitrogen and oxygen atoms in total. The summed E-state index contributed by atoms with van der Waals surface area (Å²) in [5, 5.41) is 6.62. The van der Waals surface area contributed by atoms with E-state index in [4.69, 9.17) is 14.2 Å². The third-order valence-corrected chi connectivity index (χ3v) is 5.75. The molecule has 3 heterocycles. The zero-order valence-corrected chi connectivity index (χ0v) is 19.5. The van der Waals surface area contributed by atoms with Gasteiger partial charge in [0.2, 0.25) is 11.9 Å². The van der Waals surface area contributed by atoms with Gasteiger partial charge in [-0.05, 0) is 25.5 Å². The van der Waals surface area contributed by atoms with Crippen molar-refractivity contribution in [1.82, 2.24) is 20.3 Å². The number of nitrogens with zero attached hydrogens (tertiary/aromatic N) is 3. The van der Waals surface area contributed by atoms with E-state index in [2.05, 4.69) is 32.2 Å². The fourth-order valence-corrected chi connectivity index (χ4v) is 3.97. The fourth-order valence-electron chi connectivity index (χ4n) is 3.97. The van der Waals surface area contributed by atoms with Crippen molar-refractivity contribution in [3.05, 3.63) is 48.3 Å². The number of carbonyl (C=O) groups excluding carboxylic acids is 1. The zero-order valence-electron chi connectivity index (χ0n) is 19.5. The molecule has 0 radical (unpaired) electrons. The molecule has 0 saturated carbocycles. The summed E-state index contributed by atoms with van der Waals surface area (Å²) in [5.41, 5.74) is 0.637. The van der Waals surface area contributed by atoms with Gasteiger partial charge in [-0.1, -0.05) is 6.58 Å². The Morgan fingerprint density at radius 3 is 2.54 bits per heavy atom. The Balaban J connectivity index is 1.69. The van der Waals surface area contributed by atoms with E-state index in [-0.39, 0.29) is 40.7 Å². The smallest absolute Gasteiger partial charge is 0.243 e. The van der Waals surface area contributed by atoms with Gasteiger partial charge >= 0.3 is 0 Å². The van der Waals surface area contributed by atoms with Crippen LogP contribution in [0, 0.1) is 18.6 Å². The van der Waals surface area contributed by atoms with Crippen molar-refractivity contribution in [2.75, 3.05) is 32.8 Å². The maximum absolute atomic E-state index is 15.0. The first-order valence-corrected chi connectivity index (χ1v) is 10.9. The summed E-state index contributed by atoms with van der Waals surface area (Å²) in [5.74, 6) is -2.07. The van der Waals surface area contributed by atoms with Crippen molar-refractivity contribution >= 4 is 22.8 Å². The Hall–Kier alpha value is -3.86. The van der Waals surface area contributed by atoms with Crippen LogP contribution >= 0.6 is 0 Å². The number of methoxy groups -OCH3 is 2. The van der Waals surface area contributed by atoms with E-state index in [1.165, 1.54) is 32.6 Å². The highest BCUT2D eigenvalue weighted by Crippen LogP contribution is 2.37. The van der Waals surface area contributed by atoms with Gasteiger partial charge in [-0.2, -0.15) is 0 Å². The SMILES string of the molecule is C=CC(=O)N[C@H]1CCOC[C@H]1Nc1ncc2cc(-c3c(F)c(OC)cc(OC)c3F)nc(C)c2n1. The number of nitrogens with one attached hydrogen (secondary N) is 2. The molecule has 1 amide bonds. The fraction of sp³-hybridized carbons (Fsp3) is 0.333. The molecule has 2 N–H and O–H groups in total. The van der Waals surface area contributed by atoms with Gasteiger partial charge in [-0.3, -0.25) is 9.78 Å². The molecule has 0 aliphatic carbocycles. The number of anilines is 1. The molecule has 1 aromatic carbocycles. The van der Waals surface area contributed by atoms with Crippen molar-refractivity contribution < 1.29 is 27.8 Å². The number of aryl methyl sites for hydroxylation is 1. The molecule has 2 aromatic heterocycles. The number of halogens is 2. The average Bonchev–Trinajstić information content (AvgIpc) is 2.86. The van der Waals surface area contributed by atoms with Crippen molar-refractivity contribution in [1.29, 1.82) is 0 Å². The number of amides is 1. The number of fused-ring (bicyclic) bond motifs is 1. The van der Waals surface area contributed by atoms with Gasteiger partial charge in [0.1, 0.15) is 0 Å². The minimum absolute atomic E-state index is 0.0550. The van der Waals surface area contributed by atoms with Gasteiger partial charge < -0.3 is 24.8 Å². The quantitative estimate of drug-likeness (QED) is 0.492. The predicted octanol–water partition coefficient (Wildman–Crippen LogP) is 3.17. The largest absolute Gasteiger partial charge is 0.494 e. The van der Waals surface area contributed by atoms with E-state index >= 15 is 0 Å². The van der Waals surface area contributed by atoms with E-state index in [1.54, 1.807) is 6.92 Å². The highest BCUT2D eigenvalue weighted by molar-refractivity contribution is 5.87. The maximum Gasteiger partial charge on any atom is 0.243 e. The van der Waals surface area contributed by atoms with Crippen LogP contribution in [0.25, 0.3) is 22.2 Å². The third-order valence-electron chi connectivity index (χ3n) is 5.75. The molecular weight excluding hydrogens is 460 g/mol.